The topological polar surface area (TPSA) is 35.5 Å². The quantitative estimate of drug-likeness (QED) is 0.330. The van der Waals surface area contributed by atoms with E-state index in [4.69, 9.17) is 9.47 Å². The highest BCUT2D eigenvalue weighted by Crippen LogP contribution is 1.94. The Morgan fingerprint density at radius 3 is 2.18 bits per heavy atom. The molecule has 0 bridgehead atoms. The van der Waals surface area contributed by atoms with E-state index in [1.165, 1.54) is 14.2 Å². The van der Waals surface area contributed by atoms with Gasteiger partial charge in [0, 0.05) is 14.2 Å². The average Bonchev–Trinajstić information content (AvgIpc) is 1.99. The van der Waals surface area contributed by atoms with Crippen molar-refractivity contribution in [2.45, 2.75) is 12.8 Å². The van der Waals surface area contributed by atoms with E-state index in [1.807, 2.05) is 0 Å². The van der Waals surface area contributed by atoms with Gasteiger partial charge in [0.1, 0.15) is 11.3 Å². The zero-order chi connectivity index (χ0) is 8.85. The molecule has 0 heterocycles. The summed E-state index contributed by atoms with van der Waals surface area (Å²) in [7, 11) is 2.09. The van der Waals surface area contributed by atoms with Crippen LogP contribution in [0, 0.1) is 0 Å². The van der Waals surface area contributed by atoms with Crippen LogP contribution in [0.3, 0.4) is 0 Å². The van der Waals surface area contributed by atoms with E-state index in [0.29, 0.717) is 5.57 Å². The fourth-order valence-electron chi connectivity index (χ4n) is 0.588. The van der Waals surface area contributed by atoms with E-state index >= 15 is 0 Å². The third-order valence-electron chi connectivity index (χ3n) is 1.35. The standard InChI is InChI=1S/C7H14O3Si/c1-5(2)6(8)11-7(9-3)10-4/h7H,1,11H2,2-4H3. The minimum absolute atomic E-state index is 0.110. The van der Waals surface area contributed by atoms with Crippen LogP contribution >= 0.6 is 0 Å². The minimum atomic E-state index is -0.981. The number of hydrogen-bond acceptors (Lipinski definition) is 3. The SMILES string of the molecule is C=C(C)C(=O)[SiH2]C(OC)OC. The molecule has 0 aliphatic heterocycles. The lowest BCUT2D eigenvalue weighted by atomic mass is 10.4. The van der Waals surface area contributed by atoms with Crippen molar-refractivity contribution in [1.82, 2.24) is 0 Å². The van der Waals surface area contributed by atoms with E-state index in [2.05, 4.69) is 6.58 Å². The number of ether oxygens (including phenoxy) is 2. The summed E-state index contributed by atoms with van der Waals surface area (Å²) in [5.74, 6) is -0.306. The predicted molar refractivity (Wildman–Crippen MR) is 46.2 cm³/mol. The first kappa shape index (κ1) is 10.5. The molecule has 0 unspecified atom stereocenters. The first-order valence-corrected chi connectivity index (χ1v) is 4.88. The largest absolute Gasteiger partial charge is 0.360 e. The second kappa shape index (κ2) is 5.23. The molecule has 0 aromatic rings. The van der Waals surface area contributed by atoms with E-state index in [1.54, 1.807) is 6.92 Å². The summed E-state index contributed by atoms with van der Waals surface area (Å²) in [4.78, 5) is 11.1. The van der Waals surface area contributed by atoms with Crippen LogP contribution in [0.4, 0.5) is 0 Å². The number of carbonyl (C=O) groups is 1. The fraction of sp³-hybridized carbons (Fsp3) is 0.571. The molecule has 0 atom stereocenters. The highest BCUT2D eigenvalue weighted by molar-refractivity contribution is 6.77. The summed E-state index contributed by atoms with van der Waals surface area (Å²) in [6.07, 6.45) is 0. The Labute approximate surface area is 69.2 Å². The highest BCUT2D eigenvalue weighted by Gasteiger charge is 2.12. The third-order valence-corrected chi connectivity index (χ3v) is 3.33. The Morgan fingerprint density at radius 2 is 1.91 bits per heavy atom. The number of carbonyl (C=O) groups excluding carboxylic acids is 1. The van der Waals surface area contributed by atoms with Crippen molar-refractivity contribution in [1.29, 1.82) is 0 Å². The molecule has 0 radical (unpaired) electrons. The molecule has 0 fully saturated rings. The van der Waals surface area contributed by atoms with Gasteiger partial charge in [-0.25, -0.2) is 0 Å². The second-order valence-electron chi connectivity index (χ2n) is 2.31. The van der Waals surface area contributed by atoms with Crippen molar-refractivity contribution < 1.29 is 14.3 Å². The molecular weight excluding hydrogens is 160 g/mol. The van der Waals surface area contributed by atoms with E-state index in [-0.39, 0.29) is 11.3 Å². The van der Waals surface area contributed by atoms with Crippen LogP contribution in [0.25, 0.3) is 0 Å². The van der Waals surface area contributed by atoms with Gasteiger partial charge in [0.2, 0.25) is 0 Å². The number of allylic oxidation sites excluding steroid dienone is 1. The van der Waals surface area contributed by atoms with Crippen LogP contribution in [0.2, 0.25) is 0 Å². The van der Waals surface area contributed by atoms with Crippen LogP contribution in [-0.4, -0.2) is 35.1 Å². The minimum Gasteiger partial charge on any atom is -0.360 e. The maximum Gasteiger partial charge on any atom is 0.173 e. The van der Waals surface area contributed by atoms with Crippen LogP contribution in [0.5, 0.6) is 0 Å². The van der Waals surface area contributed by atoms with Crippen molar-refractivity contribution in [3.05, 3.63) is 12.2 Å². The Balaban J connectivity index is 3.81. The first-order chi connectivity index (χ1) is 5.11. The zero-order valence-corrected chi connectivity index (χ0v) is 8.63. The van der Waals surface area contributed by atoms with Gasteiger partial charge in [-0.1, -0.05) is 6.58 Å². The third kappa shape index (κ3) is 4.08. The average molecular weight is 174 g/mol. The Morgan fingerprint density at radius 1 is 1.45 bits per heavy atom. The molecule has 0 spiro atoms. The van der Waals surface area contributed by atoms with Gasteiger partial charge in [-0.05, 0) is 12.5 Å². The Kier molecular flexibility index (Phi) is 5.02. The maximum atomic E-state index is 11.1. The van der Waals surface area contributed by atoms with Gasteiger partial charge in [0.05, 0.1) is 0 Å². The van der Waals surface area contributed by atoms with E-state index in [9.17, 15) is 4.79 Å². The van der Waals surface area contributed by atoms with Gasteiger partial charge in [0.15, 0.2) is 9.52 Å². The molecule has 0 saturated carbocycles. The molecule has 0 aromatic carbocycles. The molecule has 11 heavy (non-hydrogen) atoms. The van der Waals surface area contributed by atoms with Crippen molar-refractivity contribution in [3.8, 4) is 0 Å². The molecule has 4 heteroatoms. The summed E-state index contributed by atoms with van der Waals surface area (Å²) in [6, 6.07) is 0. The van der Waals surface area contributed by atoms with Crippen LogP contribution in [0.1, 0.15) is 6.92 Å². The lowest BCUT2D eigenvalue weighted by Crippen LogP contribution is -2.28. The molecular formula is C7H14O3Si. The van der Waals surface area contributed by atoms with Crippen molar-refractivity contribution in [2.24, 2.45) is 0 Å². The van der Waals surface area contributed by atoms with Gasteiger partial charge in [0.25, 0.3) is 0 Å². The van der Waals surface area contributed by atoms with Gasteiger partial charge < -0.3 is 14.3 Å². The Hall–Kier alpha value is -0.453. The molecule has 3 nitrogen and oxygen atoms in total. The van der Waals surface area contributed by atoms with Gasteiger partial charge in [-0.3, -0.25) is 0 Å². The zero-order valence-electron chi connectivity index (χ0n) is 7.22. The molecule has 64 valence electrons. The monoisotopic (exact) mass is 174 g/mol. The van der Waals surface area contributed by atoms with E-state index in [0.717, 1.165) is 0 Å². The smallest absolute Gasteiger partial charge is 0.173 e. The molecule has 0 saturated heterocycles. The summed E-state index contributed by atoms with van der Waals surface area (Å²) < 4.78 is 9.80. The molecule has 0 aromatic heterocycles. The highest BCUT2D eigenvalue weighted by atomic mass is 28.2. The van der Waals surface area contributed by atoms with Gasteiger partial charge in [-0.2, -0.15) is 0 Å². The predicted octanol–water partition coefficient (Wildman–Crippen LogP) is -0.166. The number of hydrogen-bond donors (Lipinski definition) is 0. The summed E-state index contributed by atoms with van der Waals surface area (Å²) in [5.41, 5.74) is 0.593. The summed E-state index contributed by atoms with van der Waals surface area (Å²) in [6.45, 7) is 5.26. The van der Waals surface area contributed by atoms with Crippen molar-refractivity contribution in [3.63, 3.8) is 0 Å². The maximum absolute atomic E-state index is 11.1. The molecule has 0 N–H and O–H groups in total. The van der Waals surface area contributed by atoms with Crippen LogP contribution in [0.15, 0.2) is 12.2 Å². The summed E-state index contributed by atoms with van der Waals surface area (Å²) in [5, 5.41) is 0.110. The molecule has 0 aliphatic carbocycles. The first-order valence-electron chi connectivity index (χ1n) is 3.36. The molecule has 0 aliphatic rings. The van der Waals surface area contributed by atoms with Crippen LogP contribution < -0.4 is 0 Å². The normalized spacial score (nSPS) is 11.3. The number of methoxy groups -OCH3 is 2. The lowest BCUT2D eigenvalue weighted by molar-refractivity contribution is -0.110. The van der Waals surface area contributed by atoms with Crippen LogP contribution in [-0.2, 0) is 14.3 Å². The Bertz CT molecular complexity index is 152. The second-order valence-corrected chi connectivity index (χ2v) is 4.03. The molecule has 0 rings (SSSR count). The number of rotatable bonds is 5. The lowest BCUT2D eigenvalue weighted by Gasteiger charge is -2.10. The van der Waals surface area contributed by atoms with Crippen molar-refractivity contribution in [2.75, 3.05) is 14.2 Å². The fourth-order valence-corrected chi connectivity index (χ4v) is 1.57. The van der Waals surface area contributed by atoms with Gasteiger partial charge in [-0.15, -0.1) is 0 Å². The van der Waals surface area contributed by atoms with Crippen molar-refractivity contribution >= 4 is 14.9 Å². The summed E-state index contributed by atoms with van der Waals surface area (Å²) >= 11 is 0. The van der Waals surface area contributed by atoms with Gasteiger partial charge >= 0.3 is 0 Å². The molecule has 0 amide bonds. The van der Waals surface area contributed by atoms with E-state index < -0.39 is 9.52 Å².